The zero-order valence-corrected chi connectivity index (χ0v) is 12.4. The Hall–Kier alpha value is -1.87. The first-order valence-corrected chi connectivity index (χ1v) is 7.07. The van der Waals surface area contributed by atoms with Crippen LogP contribution in [0.15, 0.2) is 42.5 Å². The van der Waals surface area contributed by atoms with Gasteiger partial charge in [-0.05, 0) is 43.0 Å². The molecule has 2 aromatic rings. The normalized spacial score (nSPS) is 12.1. The van der Waals surface area contributed by atoms with Crippen LogP contribution < -0.4 is 0 Å². The Kier molecular flexibility index (Phi) is 4.97. The highest BCUT2D eigenvalue weighted by atomic mass is 35.5. The molecule has 2 aromatic carbocycles. The summed E-state index contributed by atoms with van der Waals surface area (Å²) in [5.41, 5.74) is 2.25. The third kappa shape index (κ3) is 3.82. The van der Waals surface area contributed by atoms with Crippen LogP contribution in [0.5, 0.6) is 0 Å². The van der Waals surface area contributed by atoms with Crippen molar-refractivity contribution in [2.24, 2.45) is 5.92 Å². The fraction of sp³-hybridized carbons (Fsp3) is 0.235. The Morgan fingerprint density at radius 3 is 2.52 bits per heavy atom. The minimum atomic E-state index is -0.947. The maximum atomic E-state index is 13.8. The Balaban J connectivity index is 2.25. The lowest BCUT2D eigenvalue weighted by Gasteiger charge is -2.15. The first-order valence-electron chi connectivity index (χ1n) is 6.69. The quantitative estimate of drug-likeness (QED) is 0.895. The minimum Gasteiger partial charge on any atom is -0.481 e. The third-order valence-corrected chi connectivity index (χ3v) is 3.94. The molecular weight excluding hydrogens is 291 g/mol. The van der Waals surface area contributed by atoms with Crippen LogP contribution in [-0.2, 0) is 17.6 Å². The zero-order valence-electron chi connectivity index (χ0n) is 11.6. The summed E-state index contributed by atoms with van der Waals surface area (Å²) in [5, 5.41) is 9.67. The molecule has 2 rings (SSSR count). The largest absolute Gasteiger partial charge is 0.481 e. The van der Waals surface area contributed by atoms with Gasteiger partial charge in [-0.3, -0.25) is 4.79 Å². The first kappa shape index (κ1) is 15.5. The second-order valence-electron chi connectivity index (χ2n) is 5.07. The average Bonchev–Trinajstić information content (AvgIpc) is 2.43. The van der Waals surface area contributed by atoms with Gasteiger partial charge in [-0.25, -0.2) is 4.39 Å². The molecule has 0 saturated carbocycles. The van der Waals surface area contributed by atoms with Crippen molar-refractivity contribution in [2.75, 3.05) is 0 Å². The Morgan fingerprint density at radius 2 is 1.90 bits per heavy atom. The summed E-state index contributed by atoms with van der Waals surface area (Å²) in [6.07, 6.45) is 0.432. The molecule has 0 fully saturated rings. The van der Waals surface area contributed by atoms with Crippen LogP contribution in [-0.4, -0.2) is 11.1 Å². The van der Waals surface area contributed by atoms with Gasteiger partial charge in [0.2, 0.25) is 0 Å². The molecule has 1 N–H and O–H groups in total. The maximum absolute atomic E-state index is 13.8. The van der Waals surface area contributed by atoms with Crippen molar-refractivity contribution in [2.45, 2.75) is 19.8 Å². The van der Waals surface area contributed by atoms with Gasteiger partial charge in [-0.15, -0.1) is 0 Å². The van der Waals surface area contributed by atoms with E-state index in [0.29, 0.717) is 6.42 Å². The highest BCUT2D eigenvalue weighted by Crippen LogP contribution is 2.24. The van der Waals surface area contributed by atoms with Gasteiger partial charge in [0.25, 0.3) is 0 Å². The topological polar surface area (TPSA) is 37.3 Å². The average molecular weight is 307 g/mol. The van der Waals surface area contributed by atoms with Crippen molar-refractivity contribution in [3.63, 3.8) is 0 Å². The van der Waals surface area contributed by atoms with E-state index in [1.54, 1.807) is 6.07 Å². The molecule has 1 unspecified atom stereocenters. The van der Waals surface area contributed by atoms with E-state index >= 15 is 0 Å². The van der Waals surface area contributed by atoms with Crippen molar-refractivity contribution in [3.8, 4) is 0 Å². The fourth-order valence-electron chi connectivity index (χ4n) is 2.33. The second kappa shape index (κ2) is 6.72. The minimum absolute atomic E-state index is 0.0785. The Bertz CT molecular complexity index is 635. The SMILES string of the molecule is Cc1ccccc1CC(Cc1c(F)cccc1Cl)C(=O)O. The fourth-order valence-corrected chi connectivity index (χ4v) is 2.57. The number of carbonyl (C=O) groups is 1. The van der Waals surface area contributed by atoms with Gasteiger partial charge in [0.05, 0.1) is 5.92 Å². The zero-order chi connectivity index (χ0) is 15.4. The molecule has 0 spiro atoms. The van der Waals surface area contributed by atoms with Gasteiger partial charge in [0, 0.05) is 10.6 Å². The van der Waals surface area contributed by atoms with Gasteiger partial charge < -0.3 is 5.11 Å². The monoisotopic (exact) mass is 306 g/mol. The number of rotatable bonds is 5. The Morgan fingerprint density at radius 1 is 1.19 bits per heavy atom. The second-order valence-corrected chi connectivity index (χ2v) is 5.48. The van der Waals surface area contributed by atoms with E-state index in [0.717, 1.165) is 11.1 Å². The van der Waals surface area contributed by atoms with Crippen LogP contribution in [0, 0.1) is 18.7 Å². The van der Waals surface area contributed by atoms with E-state index in [4.69, 9.17) is 11.6 Å². The first-order chi connectivity index (χ1) is 9.99. The molecule has 110 valence electrons. The number of benzene rings is 2. The number of carboxylic acid groups (broad SMARTS) is 1. The molecule has 0 aliphatic rings. The number of hydrogen-bond acceptors (Lipinski definition) is 1. The van der Waals surface area contributed by atoms with Crippen LogP contribution in [0.1, 0.15) is 16.7 Å². The molecule has 0 bridgehead atoms. The van der Waals surface area contributed by atoms with E-state index in [2.05, 4.69) is 0 Å². The molecule has 0 radical (unpaired) electrons. The number of halogens is 2. The molecule has 0 amide bonds. The summed E-state index contributed by atoms with van der Waals surface area (Å²) in [4.78, 5) is 11.5. The van der Waals surface area contributed by atoms with Crippen molar-refractivity contribution in [1.82, 2.24) is 0 Å². The summed E-state index contributed by atoms with van der Waals surface area (Å²) in [6.45, 7) is 1.93. The third-order valence-electron chi connectivity index (χ3n) is 3.59. The van der Waals surface area contributed by atoms with Gasteiger partial charge in [-0.1, -0.05) is 41.9 Å². The van der Waals surface area contributed by atoms with Crippen LogP contribution in [0.3, 0.4) is 0 Å². The predicted molar refractivity (Wildman–Crippen MR) is 81.1 cm³/mol. The molecule has 0 heterocycles. The smallest absolute Gasteiger partial charge is 0.307 e. The van der Waals surface area contributed by atoms with Crippen molar-refractivity contribution < 1.29 is 14.3 Å². The van der Waals surface area contributed by atoms with Crippen molar-refractivity contribution in [3.05, 3.63) is 70.0 Å². The summed E-state index contributed by atoms with van der Waals surface area (Å²) >= 11 is 5.98. The summed E-state index contributed by atoms with van der Waals surface area (Å²) in [6, 6.07) is 12.0. The van der Waals surface area contributed by atoms with Crippen molar-refractivity contribution in [1.29, 1.82) is 0 Å². The molecule has 0 aliphatic heterocycles. The lowest BCUT2D eigenvalue weighted by atomic mass is 9.90. The number of carboxylic acids is 1. The van der Waals surface area contributed by atoms with Gasteiger partial charge in [0.15, 0.2) is 0 Å². The highest BCUT2D eigenvalue weighted by Gasteiger charge is 2.22. The number of aliphatic carboxylic acids is 1. The van der Waals surface area contributed by atoms with Gasteiger partial charge in [0.1, 0.15) is 5.82 Å². The van der Waals surface area contributed by atoms with E-state index in [-0.39, 0.29) is 17.0 Å². The molecule has 1 atom stereocenters. The molecule has 2 nitrogen and oxygen atoms in total. The molecule has 0 aliphatic carbocycles. The molecular formula is C17H16ClFO2. The van der Waals surface area contributed by atoms with E-state index in [9.17, 15) is 14.3 Å². The number of hydrogen-bond donors (Lipinski definition) is 1. The summed E-state index contributed by atoms with van der Waals surface area (Å²) in [7, 11) is 0. The molecule has 21 heavy (non-hydrogen) atoms. The highest BCUT2D eigenvalue weighted by molar-refractivity contribution is 6.31. The van der Waals surface area contributed by atoms with Gasteiger partial charge in [-0.2, -0.15) is 0 Å². The predicted octanol–water partition coefficient (Wildman–Crippen LogP) is 4.27. The molecule has 4 heteroatoms. The standard InChI is InChI=1S/C17H16ClFO2/c1-11-5-2-3-6-12(11)9-13(17(20)21)10-14-15(18)7-4-8-16(14)19/h2-8,13H,9-10H2,1H3,(H,20,21). The Labute approximate surface area is 128 Å². The maximum Gasteiger partial charge on any atom is 0.307 e. The molecule has 0 saturated heterocycles. The van der Waals surface area contributed by atoms with Crippen LogP contribution in [0.2, 0.25) is 5.02 Å². The van der Waals surface area contributed by atoms with Crippen molar-refractivity contribution >= 4 is 17.6 Å². The van der Waals surface area contributed by atoms with E-state index < -0.39 is 17.7 Å². The summed E-state index contributed by atoms with van der Waals surface area (Å²) in [5.74, 6) is -2.11. The summed E-state index contributed by atoms with van der Waals surface area (Å²) < 4.78 is 13.8. The van der Waals surface area contributed by atoms with E-state index in [1.165, 1.54) is 12.1 Å². The van der Waals surface area contributed by atoms with Crippen LogP contribution in [0.4, 0.5) is 4.39 Å². The number of aryl methyl sites for hydroxylation is 1. The van der Waals surface area contributed by atoms with Crippen LogP contribution >= 0.6 is 11.6 Å². The molecule has 0 aromatic heterocycles. The van der Waals surface area contributed by atoms with Gasteiger partial charge >= 0.3 is 5.97 Å². The van der Waals surface area contributed by atoms with Crippen LogP contribution in [0.25, 0.3) is 0 Å². The lowest BCUT2D eigenvalue weighted by Crippen LogP contribution is -2.20. The lowest BCUT2D eigenvalue weighted by molar-refractivity contribution is -0.141. The van der Waals surface area contributed by atoms with E-state index in [1.807, 2.05) is 31.2 Å².